The second-order valence-electron chi connectivity index (χ2n) is 5.74. The lowest BCUT2D eigenvalue weighted by molar-refractivity contribution is -0.166. The minimum absolute atomic E-state index is 0.179. The first-order valence-corrected chi connectivity index (χ1v) is 9.07. The Kier molecular flexibility index (Phi) is 7.76. The van der Waals surface area contributed by atoms with Crippen LogP contribution in [0.15, 0.2) is 23.2 Å². The Morgan fingerprint density at radius 2 is 1.79 bits per heavy atom. The summed E-state index contributed by atoms with van der Waals surface area (Å²) in [5.41, 5.74) is 6.97. The van der Waals surface area contributed by atoms with Crippen LogP contribution in [0.1, 0.15) is 44.7 Å². The molecule has 1 aromatic rings. The van der Waals surface area contributed by atoms with Crippen LogP contribution in [0.5, 0.6) is 0 Å². The molecule has 1 heterocycles. The Bertz CT molecular complexity index is 742. The number of hydrogen-bond acceptors (Lipinski definition) is 7. The van der Waals surface area contributed by atoms with Crippen LogP contribution < -0.4 is 11.0 Å². The minimum Gasteiger partial charge on any atom is -0.339 e. The van der Waals surface area contributed by atoms with Gasteiger partial charge in [-0.3, -0.25) is 4.84 Å². The van der Waals surface area contributed by atoms with Crippen molar-refractivity contribution < 1.29 is 28.9 Å². The number of nitrogens with one attached hydrogen (secondary N) is 2. The first kappa shape index (κ1) is 21.2. The second kappa shape index (κ2) is 10.3. The van der Waals surface area contributed by atoms with E-state index in [0.717, 1.165) is 11.1 Å². The van der Waals surface area contributed by atoms with Crippen LogP contribution in [0.25, 0.3) is 0 Å². The van der Waals surface area contributed by atoms with E-state index in [0.29, 0.717) is 23.6 Å². The van der Waals surface area contributed by atoms with E-state index in [2.05, 4.69) is 15.3 Å². The lowest BCUT2D eigenvalue weighted by Crippen LogP contribution is -2.49. The number of guanidine groups is 1. The number of aliphatic imine (C=N–C) groups is 1. The third kappa shape index (κ3) is 5.43. The third-order valence-electron chi connectivity index (χ3n) is 3.85. The van der Waals surface area contributed by atoms with E-state index in [1.54, 1.807) is 6.92 Å². The predicted octanol–water partition coefficient (Wildman–Crippen LogP) is 2.06. The molecule has 0 aliphatic carbocycles. The lowest BCUT2D eigenvalue weighted by atomic mass is 10.0. The van der Waals surface area contributed by atoms with Crippen molar-refractivity contribution in [2.45, 2.75) is 46.5 Å². The van der Waals surface area contributed by atoms with E-state index in [-0.39, 0.29) is 25.4 Å². The lowest BCUT2D eigenvalue weighted by Gasteiger charge is -2.22. The molecule has 1 fully saturated rings. The molecule has 0 spiro atoms. The summed E-state index contributed by atoms with van der Waals surface area (Å²) in [6.07, 6.45) is 0.936. The van der Waals surface area contributed by atoms with Gasteiger partial charge in [-0.05, 0) is 30.9 Å². The topological polar surface area (TPSA) is 119 Å². The Hall–Kier alpha value is -3.14. The smallest absolute Gasteiger partial charge is 0.339 e. The summed E-state index contributed by atoms with van der Waals surface area (Å²) in [6.45, 7) is 5.95. The number of hydrogen-bond donors (Lipinski definition) is 2. The largest absolute Gasteiger partial charge is 0.391 e. The Morgan fingerprint density at radius 3 is 2.39 bits per heavy atom. The van der Waals surface area contributed by atoms with E-state index < -0.39 is 18.0 Å². The van der Waals surface area contributed by atoms with Gasteiger partial charge in [-0.15, -0.1) is 0 Å². The van der Waals surface area contributed by atoms with Crippen molar-refractivity contribution in [3.63, 3.8) is 0 Å². The first-order valence-electron chi connectivity index (χ1n) is 9.07. The molecular weight excluding hydrogens is 368 g/mol. The Morgan fingerprint density at radius 1 is 1.14 bits per heavy atom. The summed E-state index contributed by atoms with van der Waals surface area (Å²) in [6, 6.07) is 4.76. The number of nitrogens with zero attached hydrogens (tertiary/aromatic N) is 2. The highest BCUT2D eigenvalue weighted by Crippen LogP contribution is 2.26. The zero-order valence-electron chi connectivity index (χ0n) is 16.1. The fraction of sp³-hybridized carbons (Fsp3) is 0.444. The molecule has 1 saturated heterocycles. The van der Waals surface area contributed by atoms with Crippen molar-refractivity contribution >= 4 is 29.6 Å². The van der Waals surface area contributed by atoms with Crippen molar-refractivity contribution in [3.05, 3.63) is 29.3 Å². The highest BCUT2D eigenvalue weighted by molar-refractivity contribution is 5.97. The highest BCUT2D eigenvalue weighted by Gasteiger charge is 2.29. The highest BCUT2D eigenvalue weighted by atomic mass is 16.8. The van der Waals surface area contributed by atoms with Crippen LogP contribution in [0.2, 0.25) is 0 Å². The van der Waals surface area contributed by atoms with Crippen LogP contribution in [0, 0.1) is 0 Å². The number of aryl methyl sites for hydroxylation is 2. The van der Waals surface area contributed by atoms with Gasteiger partial charge in [0.2, 0.25) is 0 Å². The third-order valence-corrected chi connectivity index (χ3v) is 3.85. The van der Waals surface area contributed by atoms with E-state index in [1.807, 2.05) is 37.5 Å². The standard InChI is InChI=1S/C18H24N4O6/c1-4-12-8-7-9-13(5-2)16(12)19-17(20-26-6-3)22-18(25)21-27-14(23)10-11-15(24)28-22/h7-9H,4-6,10-11H2,1-3H3,(H,19,20)(H,21,25). The number of amides is 2. The van der Waals surface area contributed by atoms with Crippen LogP contribution >= 0.6 is 0 Å². The average molecular weight is 392 g/mol. The minimum atomic E-state index is -1.01. The molecule has 1 aliphatic rings. The fourth-order valence-electron chi connectivity index (χ4n) is 2.44. The number of carbonyl (C=O) groups is 3. The van der Waals surface area contributed by atoms with E-state index in [4.69, 9.17) is 9.68 Å². The number of hydroxylamine groups is 4. The molecule has 0 aromatic heterocycles. The van der Waals surface area contributed by atoms with Crippen molar-refractivity contribution in [3.8, 4) is 0 Å². The molecule has 10 heteroatoms. The van der Waals surface area contributed by atoms with Crippen molar-refractivity contribution in [1.29, 1.82) is 0 Å². The molecule has 10 nitrogen and oxygen atoms in total. The maximum absolute atomic E-state index is 12.4. The molecule has 0 bridgehead atoms. The van der Waals surface area contributed by atoms with Gasteiger partial charge in [-0.25, -0.2) is 24.9 Å². The average Bonchev–Trinajstić information content (AvgIpc) is 2.76. The molecule has 0 atom stereocenters. The molecule has 0 unspecified atom stereocenters. The molecule has 152 valence electrons. The van der Waals surface area contributed by atoms with Crippen LogP contribution in [-0.2, 0) is 36.9 Å². The fourth-order valence-corrected chi connectivity index (χ4v) is 2.44. The van der Waals surface area contributed by atoms with Crippen molar-refractivity contribution in [2.24, 2.45) is 4.99 Å². The Labute approximate surface area is 162 Å². The van der Waals surface area contributed by atoms with Crippen LogP contribution in [0.3, 0.4) is 0 Å². The summed E-state index contributed by atoms with van der Waals surface area (Å²) in [4.78, 5) is 55.2. The zero-order chi connectivity index (χ0) is 20.5. The normalized spacial score (nSPS) is 15.8. The van der Waals surface area contributed by atoms with Gasteiger partial charge in [0.05, 0.1) is 25.1 Å². The van der Waals surface area contributed by atoms with Crippen molar-refractivity contribution in [2.75, 3.05) is 6.61 Å². The summed E-state index contributed by atoms with van der Waals surface area (Å²) >= 11 is 0. The maximum atomic E-state index is 12.4. The van der Waals surface area contributed by atoms with Gasteiger partial charge >= 0.3 is 18.0 Å². The number of para-hydroxylation sites is 1. The SMILES string of the molecule is CCONC(=Nc1c(CC)cccc1CC)N1OC(=O)CCC(=O)ONC1=O. The van der Waals surface area contributed by atoms with Gasteiger partial charge in [-0.1, -0.05) is 37.1 Å². The van der Waals surface area contributed by atoms with Gasteiger partial charge in [0, 0.05) is 0 Å². The monoisotopic (exact) mass is 392 g/mol. The summed E-state index contributed by atoms with van der Waals surface area (Å²) < 4.78 is 0. The molecule has 2 rings (SSSR count). The molecule has 28 heavy (non-hydrogen) atoms. The van der Waals surface area contributed by atoms with Crippen LogP contribution in [0.4, 0.5) is 10.5 Å². The quantitative estimate of drug-likeness (QED) is 0.447. The number of benzene rings is 1. The molecule has 0 radical (unpaired) electrons. The maximum Gasteiger partial charge on any atom is 0.391 e. The molecular formula is C18H24N4O6. The Balaban J connectivity index is 2.49. The van der Waals surface area contributed by atoms with Gasteiger partial charge in [-0.2, -0.15) is 5.48 Å². The second-order valence-corrected chi connectivity index (χ2v) is 5.74. The zero-order valence-corrected chi connectivity index (χ0v) is 16.1. The summed E-state index contributed by atoms with van der Waals surface area (Å²) in [5, 5.41) is 0.572. The molecule has 2 N–H and O–H groups in total. The molecule has 2 amide bonds. The van der Waals surface area contributed by atoms with Crippen molar-refractivity contribution in [1.82, 2.24) is 16.0 Å². The van der Waals surface area contributed by atoms with E-state index in [1.165, 1.54) is 0 Å². The van der Waals surface area contributed by atoms with Crippen LogP contribution in [-0.4, -0.2) is 35.6 Å². The number of carbonyl (C=O) groups excluding carboxylic acids is 3. The van der Waals surface area contributed by atoms with E-state index >= 15 is 0 Å². The number of rotatable bonds is 5. The first-order chi connectivity index (χ1) is 13.5. The van der Waals surface area contributed by atoms with E-state index in [9.17, 15) is 14.4 Å². The number of urea groups is 1. The predicted molar refractivity (Wildman–Crippen MR) is 98.8 cm³/mol. The summed E-state index contributed by atoms with van der Waals surface area (Å²) in [5.74, 6) is -1.73. The molecule has 1 aromatic carbocycles. The van der Waals surface area contributed by atoms with Gasteiger partial charge in [0.1, 0.15) is 0 Å². The van der Waals surface area contributed by atoms with Gasteiger partial charge in [0.15, 0.2) is 0 Å². The van der Waals surface area contributed by atoms with Gasteiger partial charge < -0.3 is 9.68 Å². The molecule has 0 saturated carbocycles. The summed E-state index contributed by atoms with van der Waals surface area (Å²) in [7, 11) is 0. The van der Waals surface area contributed by atoms with Gasteiger partial charge in [0.25, 0.3) is 5.96 Å². The molecule has 1 aliphatic heterocycles.